The van der Waals surface area contributed by atoms with Gasteiger partial charge in [0.1, 0.15) is 17.5 Å². The van der Waals surface area contributed by atoms with E-state index in [-0.39, 0.29) is 0 Å². The van der Waals surface area contributed by atoms with Crippen LogP contribution in [0.2, 0.25) is 5.02 Å². The molecule has 4 rings (SSSR count). The molecule has 1 aromatic carbocycles. The Balaban J connectivity index is 1.79. The van der Waals surface area contributed by atoms with Crippen molar-refractivity contribution in [2.45, 2.75) is 0 Å². The van der Waals surface area contributed by atoms with Gasteiger partial charge in [-0.05, 0) is 23.4 Å². The molecule has 10 nitrogen and oxygen atoms in total. The van der Waals surface area contributed by atoms with Gasteiger partial charge < -0.3 is 5.32 Å². The molecule has 2 N–H and O–H groups in total. The summed E-state index contributed by atoms with van der Waals surface area (Å²) in [6, 6.07) is 7.37. The molecule has 0 radical (unpaired) electrons. The van der Waals surface area contributed by atoms with Gasteiger partial charge in [-0.2, -0.15) is 9.90 Å². The highest BCUT2D eigenvalue weighted by Crippen LogP contribution is 2.32. The number of nitrogens with one attached hydrogen (secondary N) is 2. The second-order valence-electron chi connectivity index (χ2n) is 5.27. The minimum absolute atomic E-state index is 0.411. The highest BCUT2D eigenvalue weighted by atomic mass is 35.5. The molecular weight excluding hydrogens is 344 g/mol. The fourth-order valence-corrected chi connectivity index (χ4v) is 2.58. The summed E-state index contributed by atoms with van der Waals surface area (Å²) in [5.41, 5.74) is 1.39. The Morgan fingerprint density at radius 2 is 2.16 bits per heavy atom. The lowest BCUT2D eigenvalue weighted by Gasteiger charge is -2.13. The molecule has 0 saturated heterocycles. The van der Waals surface area contributed by atoms with Gasteiger partial charge in [-0.1, -0.05) is 22.8 Å². The second-order valence-corrected chi connectivity index (χ2v) is 5.70. The fourth-order valence-electron chi connectivity index (χ4n) is 2.39. The molecule has 0 aliphatic heterocycles. The zero-order valence-electron chi connectivity index (χ0n) is 13.3. The van der Waals surface area contributed by atoms with E-state index in [0.717, 1.165) is 5.69 Å². The summed E-state index contributed by atoms with van der Waals surface area (Å²) in [6.45, 7) is 0. The van der Waals surface area contributed by atoms with Gasteiger partial charge in [0, 0.05) is 17.8 Å². The van der Waals surface area contributed by atoms with Crippen LogP contribution in [0.25, 0.3) is 11.0 Å². The SMILES string of the molecule is CN(c1nnn(C)n1)c1n[nH]c2ncnc(Nc3cccc(Cl)c3)c12. The number of H-pyrrole nitrogens is 1. The molecule has 25 heavy (non-hydrogen) atoms. The highest BCUT2D eigenvalue weighted by molar-refractivity contribution is 6.30. The molecule has 0 aliphatic rings. The standard InChI is InChI=1S/C14H13ClN10/c1-24(14-21-23-25(2)22-14)13-10-11(16-7-17-12(10)19-20-13)18-9-5-3-4-8(15)6-9/h3-7H,1-2H3,(H2,16,17,18,19,20). The fraction of sp³-hybridized carbons (Fsp3) is 0.143. The number of benzene rings is 1. The summed E-state index contributed by atoms with van der Waals surface area (Å²) in [7, 11) is 3.49. The third-order valence-electron chi connectivity index (χ3n) is 3.54. The Hall–Kier alpha value is -3.27. The summed E-state index contributed by atoms with van der Waals surface area (Å²) < 4.78 is 0. The Labute approximate surface area is 146 Å². The van der Waals surface area contributed by atoms with Crippen molar-refractivity contribution in [1.29, 1.82) is 0 Å². The Kier molecular flexibility index (Phi) is 3.65. The monoisotopic (exact) mass is 356 g/mol. The van der Waals surface area contributed by atoms with E-state index >= 15 is 0 Å². The molecule has 4 aromatic rings. The number of aryl methyl sites for hydroxylation is 1. The third-order valence-corrected chi connectivity index (χ3v) is 3.78. The van der Waals surface area contributed by atoms with Crippen molar-refractivity contribution in [2.24, 2.45) is 7.05 Å². The van der Waals surface area contributed by atoms with Crippen LogP contribution in [-0.4, -0.2) is 47.4 Å². The number of hydrogen-bond donors (Lipinski definition) is 2. The van der Waals surface area contributed by atoms with Gasteiger partial charge in [-0.15, -0.1) is 5.10 Å². The Morgan fingerprint density at radius 3 is 2.92 bits per heavy atom. The van der Waals surface area contributed by atoms with E-state index in [0.29, 0.717) is 33.6 Å². The van der Waals surface area contributed by atoms with Gasteiger partial charge in [0.25, 0.3) is 5.95 Å². The molecule has 126 valence electrons. The molecule has 0 atom stereocenters. The van der Waals surface area contributed by atoms with Crippen LogP contribution in [0.15, 0.2) is 30.6 Å². The van der Waals surface area contributed by atoms with Crippen molar-refractivity contribution in [3.05, 3.63) is 35.6 Å². The second kappa shape index (κ2) is 5.98. The van der Waals surface area contributed by atoms with E-state index in [4.69, 9.17) is 11.6 Å². The first-order valence-electron chi connectivity index (χ1n) is 7.31. The number of tetrazole rings is 1. The molecule has 0 unspecified atom stereocenters. The van der Waals surface area contributed by atoms with Crippen LogP contribution in [0, 0.1) is 0 Å². The van der Waals surface area contributed by atoms with Gasteiger partial charge in [0.05, 0.1) is 7.05 Å². The lowest BCUT2D eigenvalue weighted by molar-refractivity contribution is 0.630. The zero-order valence-corrected chi connectivity index (χ0v) is 14.1. The molecular formula is C14H13ClN10. The summed E-state index contributed by atoms with van der Waals surface area (Å²) in [5, 5.41) is 23.8. The molecule has 11 heteroatoms. The van der Waals surface area contributed by atoms with Crippen LogP contribution >= 0.6 is 11.6 Å². The van der Waals surface area contributed by atoms with Crippen molar-refractivity contribution in [3.8, 4) is 0 Å². The smallest absolute Gasteiger partial charge is 0.271 e. The number of anilines is 4. The van der Waals surface area contributed by atoms with Crippen LogP contribution < -0.4 is 10.2 Å². The predicted octanol–water partition coefficient (Wildman–Crippen LogP) is 2.04. The molecule has 0 amide bonds. The van der Waals surface area contributed by atoms with Gasteiger partial charge >= 0.3 is 0 Å². The lowest BCUT2D eigenvalue weighted by Crippen LogP contribution is -2.13. The van der Waals surface area contributed by atoms with E-state index in [1.165, 1.54) is 11.1 Å². The van der Waals surface area contributed by atoms with Gasteiger partial charge in [0.15, 0.2) is 11.5 Å². The van der Waals surface area contributed by atoms with E-state index in [9.17, 15) is 0 Å². The van der Waals surface area contributed by atoms with Gasteiger partial charge in [0.2, 0.25) is 0 Å². The minimum atomic E-state index is 0.411. The van der Waals surface area contributed by atoms with E-state index < -0.39 is 0 Å². The normalized spacial score (nSPS) is 11.0. The van der Waals surface area contributed by atoms with Crippen LogP contribution in [0.1, 0.15) is 0 Å². The number of aromatic amines is 1. The summed E-state index contributed by atoms with van der Waals surface area (Å²) in [4.78, 5) is 11.6. The van der Waals surface area contributed by atoms with Crippen molar-refractivity contribution >= 4 is 45.9 Å². The topological polar surface area (TPSA) is 113 Å². The molecule has 0 spiro atoms. The molecule has 3 heterocycles. The first-order valence-corrected chi connectivity index (χ1v) is 7.69. The van der Waals surface area contributed by atoms with Crippen LogP contribution in [0.4, 0.5) is 23.3 Å². The molecule has 0 bridgehead atoms. The van der Waals surface area contributed by atoms with Crippen molar-refractivity contribution in [3.63, 3.8) is 0 Å². The molecule has 0 saturated carbocycles. The molecule has 3 aromatic heterocycles. The van der Waals surface area contributed by atoms with E-state index in [2.05, 4.69) is 40.9 Å². The van der Waals surface area contributed by atoms with Crippen molar-refractivity contribution in [1.82, 2.24) is 40.4 Å². The van der Waals surface area contributed by atoms with Crippen LogP contribution in [0.3, 0.4) is 0 Å². The Morgan fingerprint density at radius 1 is 1.28 bits per heavy atom. The number of halogens is 1. The summed E-state index contributed by atoms with van der Waals surface area (Å²) in [5.74, 6) is 1.58. The number of nitrogens with zero attached hydrogens (tertiary/aromatic N) is 8. The van der Waals surface area contributed by atoms with Crippen molar-refractivity contribution < 1.29 is 0 Å². The van der Waals surface area contributed by atoms with Crippen LogP contribution in [-0.2, 0) is 7.05 Å². The molecule has 0 aliphatic carbocycles. The maximum absolute atomic E-state index is 6.05. The first-order chi connectivity index (χ1) is 12.1. The summed E-state index contributed by atoms with van der Waals surface area (Å²) in [6.07, 6.45) is 1.46. The predicted molar refractivity (Wildman–Crippen MR) is 93.3 cm³/mol. The zero-order chi connectivity index (χ0) is 17.4. The Bertz CT molecular complexity index is 1040. The number of rotatable bonds is 4. The lowest BCUT2D eigenvalue weighted by atomic mass is 10.3. The third kappa shape index (κ3) is 2.83. The summed E-state index contributed by atoms with van der Waals surface area (Å²) >= 11 is 6.05. The number of fused-ring (bicyclic) bond motifs is 1. The van der Waals surface area contributed by atoms with Crippen molar-refractivity contribution in [2.75, 3.05) is 17.3 Å². The van der Waals surface area contributed by atoms with Gasteiger partial charge in [-0.25, -0.2) is 9.97 Å². The van der Waals surface area contributed by atoms with Crippen LogP contribution in [0.5, 0.6) is 0 Å². The molecule has 0 fully saturated rings. The first kappa shape index (κ1) is 15.3. The number of hydrogen-bond acceptors (Lipinski definition) is 8. The maximum Gasteiger partial charge on any atom is 0.271 e. The largest absolute Gasteiger partial charge is 0.339 e. The van der Waals surface area contributed by atoms with E-state index in [1.807, 2.05) is 18.2 Å². The average molecular weight is 357 g/mol. The van der Waals surface area contributed by atoms with E-state index in [1.54, 1.807) is 25.1 Å². The van der Waals surface area contributed by atoms with Gasteiger partial charge in [-0.3, -0.25) is 10.00 Å². The minimum Gasteiger partial charge on any atom is -0.339 e. The number of aromatic nitrogens is 8. The average Bonchev–Trinajstić information content (AvgIpc) is 3.21. The quantitative estimate of drug-likeness (QED) is 0.571. The highest BCUT2D eigenvalue weighted by Gasteiger charge is 2.20. The maximum atomic E-state index is 6.05.